The monoisotopic (exact) mass is 493 g/mol. The van der Waals surface area contributed by atoms with Gasteiger partial charge in [0.05, 0.1) is 36.8 Å². The Hall–Kier alpha value is -4.38. The first kappa shape index (κ1) is 23.8. The molecule has 0 aliphatic rings. The van der Waals surface area contributed by atoms with Crippen molar-refractivity contribution in [3.05, 3.63) is 94.1 Å². The summed E-state index contributed by atoms with van der Waals surface area (Å²) >= 11 is 1.34. The van der Waals surface area contributed by atoms with Crippen LogP contribution in [0.25, 0.3) is 16.9 Å². The molecule has 10 nitrogen and oxygen atoms in total. The van der Waals surface area contributed by atoms with Crippen LogP contribution in [0.5, 0.6) is 0 Å². The molecule has 0 atom stereocenters. The van der Waals surface area contributed by atoms with Crippen LogP contribution in [0.2, 0.25) is 0 Å². The van der Waals surface area contributed by atoms with E-state index in [0.29, 0.717) is 22.1 Å². The Morgan fingerprint density at radius 3 is 2.43 bits per heavy atom. The Labute approximate surface area is 203 Å². The molecular formula is C24H19N3O7S. The fourth-order valence-electron chi connectivity index (χ4n) is 3.43. The summed E-state index contributed by atoms with van der Waals surface area (Å²) in [4.78, 5) is 37.3. The van der Waals surface area contributed by atoms with Gasteiger partial charge in [-0.15, -0.1) is 11.8 Å². The zero-order valence-corrected chi connectivity index (χ0v) is 19.5. The largest absolute Gasteiger partial charge is 0.468 e. The standard InChI is InChI=1S/C24H19N3O7S/c1-32-23(28)20-21(25-26(22(20)24(29)33-2)15-7-4-3-5-8-15)18-13-16(27(30)31)10-11-19(18)35-14-17-9-6-12-34-17/h3-13H,14H2,1-2H3. The van der Waals surface area contributed by atoms with Gasteiger partial charge >= 0.3 is 11.9 Å². The molecule has 0 saturated heterocycles. The molecular weight excluding hydrogens is 474 g/mol. The number of rotatable bonds is 8. The average Bonchev–Trinajstić information content (AvgIpc) is 3.55. The Morgan fingerprint density at radius 1 is 1.06 bits per heavy atom. The zero-order valence-electron chi connectivity index (χ0n) is 18.7. The molecule has 0 radical (unpaired) electrons. The second kappa shape index (κ2) is 10.3. The van der Waals surface area contributed by atoms with E-state index >= 15 is 0 Å². The Kier molecular flexibility index (Phi) is 6.97. The molecule has 0 bridgehead atoms. The Morgan fingerprint density at radius 2 is 1.80 bits per heavy atom. The molecule has 2 aromatic heterocycles. The number of non-ortho nitro benzene ring substituents is 1. The van der Waals surface area contributed by atoms with Crippen LogP contribution in [0.15, 0.2) is 76.2 Å². The Balaban J connectivity index is 1.98. The zero-order chi connectivity index (χ0) is 24.9. The molecule has 35 heavy (non-hydrogen) atoms. The van der Waals surface area contributed by atoms with Crippen molar-refractivity contribution in [3.8, 4) is 16.9 Å². The van der Waals surface area contributed by atoms with Crippen LogP contribution in [0.4, 0.5) is 5.69 Å². The summed E-state index contributed by atoms with van der Waals surface area (Å²) in [5, 5.41) is 16.1. The summed E-state index contributed by atoms with van der Waals surface area (Å²) < 4.78 is 16.6. The number of nitro benzene ring substituents is 1. The Bertz CT molecular complexity index is 1380. The molecule has 0 aliphatic heterocycles. The molecule has 0 aliphatic carbocycles. The number of carbonyl (C=O) groups is 2. The van der Waals surface area contributed by atoms with Crippen molar-refractivity contribution in [1.29, 1.82) is 0 Å². The third kappa shape index (κ3) is 4.80. The summed E-state index contributed by atoms with van der Waals surface area (Å²) in [6.45, 7) is 0. The predicted octanol–water partition coefficient (Wildman–Crippen LogP) is 4.91. The van der Waals surface area contributed by atoms with E-state index in [1.807, 2.05) is 0 Å². The number of hydrogen-bond donors (Lipinski definition) is 0. The van der Waals surface area contributed by atoms with E-state index in [9.17, 15) is 19.7 Å². The van der Waals surface area contributed by atoms with Crippen LogP contribution in [-0.4, -0.2) is 40.9 Å². The molecule has 0 unspecified atom stereocenters. The van der Waals surface area contributed by atoms with Gasteiger partial charge in [-0.05, 0) is 30.3 Å². The van der Waals surface area contributed by atoms with Crippen LogP contribution >= 0.6 is 11.8 Å². The second-order valence-corrected chi connectivity index (χ2v) is 8.13. The third-order valence-electron chi connectivity index (χ3n) is 5.03. The minimum absolute atomic E-state index is 0.0479. The number of aromatic nitrogens is 2. The number of esters is 2. The first-order valence-corrected chi connectivity index (χ1v) is 11.2. The first-order chi connectivity index (χ1) is 16.9. The maximum Gasteiger partial charge on any atom is 0.357 e. The van der Waals surface area contributed by atoms with Gasteiger partial charge in [0, 0.05) is 22.6 Å². The highest BCUT2D eigenvalue weighted by Crippen LogP contribution is 2.38. The molecule has 178 valence electrons. The number of carbonyl (C=O) groups excluding carboxylic acids is 2. The van der Waals surface area contributed by atoms with E-state index in [4.69, 9.17) is 13.9 Å². The quantitative estimate of drug-likeness (QED) is 0.146. The molecule has 2 heterocycles. The van der Waals surface area contributed by atoms with Gasteiger partial charge in [-0.1, -0.05) is 18.2 Å². The van der Waals surface area contributed by atoms with Gasteiger partial charge in [0.1, 0.15) is 17.0 Å². The fourth-order valence-corrected chi connectivity index (χ4v) is 4.37. The summed E-state index contributed by atoms with van der Waals surface area (Å²) in [6.07, 6.45) is 1.55. The van der Waals surface area contributed by atoms with E-state index in [1.54, 1.807) is 54.8 Å². The number of ether oxygens (including phenoxy) is 2. The highest BCUT2D eigenvalue weighted by atomic mass is 32.2. The molecule has 11 heteroatoms. The second-order valence-electron chi connectivity index (χ2n) is 7.11. The van der Waals surface area contributed by atoms with Crippen LogP contribution in [0.1, 0.15) is 26.6 Å². The number of nitrogens with zero attached hydrogens (tertiary/aromatic N) is 3. The highest BCUT2D eigenvalue weighted by molar-refractivity contribution is 7.98. The first-order valence-electron chi connectivity index (χ1n) is 10.2. The minimum Gasteiger partial charge on any atom is -0.468 e. The molecule has 0 spiro atoms. The van der Waals surface area contributed by atoms with E-state index < -0.39 is 16.9 Å². The van der Waals surface area contributed by atoms with E-state index in [2.05, 4.69) is 5.10 Å². The molecule has 2 aromatic carbocycles. The summed E-state index contributed by atoms with van der Waals surface area (Å²) in [5.41, 5.74) is 0.298. The maximum absolute atomic E-state index is 12.9. The minimum atomic E-state index is -0.837. The number of nitro groups is 1. The maximum atomic E-state index is 12.9. The molecule has 0 amide bonds. The number of furan rings is 1. The van der Waals surface area contributed by atoms with Gasteiger partial charge in [0.25, 0.3) is 5.69 Å². The van der Waals surface area contributed by atoms with Crippen molar-refractivity contribution in [1.82, 2.24) is 9.78 Å². The van der Waals surface area contributed by atoms with Crippen molar-refractivity contribution >= 4 is 29.4 Å². The lowest BCUT2D eigenvalue weighted by molar-refractivity contribution is -0.384. The topological polar surface area (TPSA) is 127 Å². The number of hydrogen-bond acceptors (Lipinski definition) is 9. The molecule has 4 rings (SSSR count). The van der Waals surface area contributed by atoms with Crippen molar-refractivity contribution in [2.45, 2.75) is 10.6 Å². The van der Waals surface area contributed by atoms with Crippen LogP contribution in [0, 0.1) is 10.1 Å². The van der Waals surface area contributed by atoms with E-state index in [1.165, 1.54) is 42.8 Å². The van der Waals surface area contributed by atoms with Crippen LogP contribution in [0.3, 0.4) is 0 Å². The average molecular weight is 493 g/mol. The van der Waals surface area contributed by atoms with Gasteiger partial charge < -0.3 is 13.9 Å². The van der Waals surface area contributed by atoms with Gasteiger partial charge in [-0.2, -0.15) is 5.10 Å². The van der Waals surface area contributed by atoms with Crippen LogP contribution in [-0.2, 0) is 15.2 Å². The molecule has 4 aromatic rings. The van der Waals surface area contributed by atoms with E-state index in [-0.39, 0.29) is 28.2 Å². The van der Waals surface area contributed by atoms with Crippen LogP contribution < -0.4 is 0 Å². The van der Waals surface area contributed by atoms with Crippen molar-refractivity contribution < 1.29 is 28.4 Å². The number of benzene rings is 2. The highest BCUT2D eigenvalue weighted by Gasteiger charge is 2.33. The molecule has 0 fully saturated rings. The molecule has 0 saturated carbocycles. The lowest BCUT2D eigenvalue weighted by Crippen LogP contribution is -2.15. The number of thioether (sulfide) groups is 1. The van der Waals surface area contributed by atoms with Crippen molar-refractivity contribution in [2.24, 2.45) is 0 Å². The van der Waals surface area contributed by atoms with Crippen molar-refractivity contribution in [3.63, 3.8) is 0 Å². The third-order valence-corrected chi connectivity index (χ3v) is 6.13. The van der Waals surface area contributed by atoms with Gasteiger partial charge in [-0.3, -0.25) is 10.1 Å². The summed E-state index contributed by atoms with van der Waals surface area (Å²) in [6, 6.07) is 16.5. The lowest BCUT2D eigenvalue weighted by atomic mass is 10.0. The lowest BCUT2D eigenvalue weighted by Gasteiger charge is -2.09. The normalized spacial score (nSPS) is 10.7. The van der Waals surface area contributed by atoms with Gasteiger partial charge in [0.2, 0.25) is 0 Å². The van der Waals surface area contributed by atoms with Gasteiger partial charge in [0.15, 0.2) is 5.69 Å². The SMILES string of the molecule is COC(=O)c1c(-c2cc([N+](=O)[O-])ccc2SCc2ccco2)nn(-c2ccccc2)c1C(=O)OC. The number of methoxy groups -OCH3 is 2. The predicted molar refractivity (Wildman–Crippen MR) is 127 cm³/mol. The van der Waals surface area contributed by atoms with Crippen molar-refractivity contribution in [2.75, 3.05) is 14.2 Å². The number of para-hydroxylation sites is 1. The smallest absolute Gasteiger partial charge is 0.357 e. The van der Waals surface area contributed by atoms with E-state index in [0.717, 1.165) is 0 Å². The fraction of sp³-hybridized carbons (Fsp3) is 0.125. The molecule has 0 N–H and O–H groups in total. The van der Waals surface area contributed by atoms with Gasteiger partial charge in [-0.25, -0.2) is 14.3 Å². The summed E-state index contributed by atoms with van der Waals surface area (Å²) in [5.74, 6) is -0.536. The summed E-state index contributed by atoms with van der Waals surface area (Å²) in [7, 11) is 2.36.